The summed E-state index contributed by atoms with van der Waals surface area (Å²) in [6, 6.07) is 6.13. The van der Waals surface area contributed by atoms with Crippen LogP contribution in [0.15, 0.2) is 18.2 Å². The lowest BCUT2D eigenvalue weighted by molar-refractivity contribution is -0.116. The van der Waals surface area contributed by atoms with Crippen molar-refractivity contribution in [2.75, 3.05) is 24.6 Å². The number of carbonyl (C=O) groups excluding carboxylic acids is 1. The van der Waals surface area contributed by atoms with Crippen LogP contribution >= 0.6 is 0 Å². The van der Waals surface area contributed by atoms with E-state index in [-0.39, 0.29) is 5.91 Å². The number of anilines is 2. The molecule has 3 N–H and O–H groups in total. The molecule has 0 spiro atoms. The summed E-state index contributed by atoms with van der Waals surface area (Å²) in [4.78, 5) is 14.3. The molecule has 0 aliphatic heterocycles. The van der Waals surface area contributed by atoms with E-state index in [1.54, 1.807) is 0 Å². The Kier molecular flexibility index (Phi) is 4.65. The van der Waals surface area contributed by atoms with E-state index in [1.807, 2.05) is 25.1 Å². The molecule has 110 valence electrons. The number of rotatable bonds is 6. The molecule has 2 rings (SSSR count). The molecule has 0 aromatic heterocycles. The van der Waals surface area contributed by atoms with Gasteiger partial charge >= 0.3 is 0 Å². The van der Waals surface area contributed by atoms with E-state index in [9.17, 15) is 4.79 Å². The molecule has 0 radical (unpaired) electrons. The van der Waals surface area contributed by atoms with Gasteiger partial charge in [0.2, 0.25) is 5.91 Å². The molecule has 1 unspecified atom stereocenters. The van der Waals surface area contributed by atoms with E-state index < -0.39 is 0 Å². The number of benzene rings is 1. The molecule has 1 amide bonds. The molecular formula is C16H25N3O. The molecule has 0 bridgehead atoms. The average molecular weight is 275 g/mol. The first-order valence-electron chi connectivity index (χ1n) is 7.33. The van der Waals surface area contributed by atoms with Gasteiger partial charge in [0.15, 0.2) is 0 Å². The lowest BCUT2D eigenvalue weighted by atomic mass is 10.1. The van der Waals surface area contributed by atoms with E-state index in [0.29, 0.717) is 12.5 Å². The Morgan fingerprint density at radius 2 is 2.20 bits per heavy atom. The molecule has 4 nitrogen and oxygen atoms in total. The number of nitrogens with one attached hydrogen (secondary N) is 1. The minimum Gasteiger partial charge on any atom is -0.399 e. The van der Waals surface area contributed by atoms with E-state index in [0.717, 1.165) is 29.4 Å². The fraction of sp³-hybridized carbons (Fsp3) is 0.562. The highest BCUT2D eigenvalue weighted by atomic mass is 16.1. The Labute approximate surface area is 121 Å². The SMILES string of the molecule is Cc1cc(N)ccc1NC(=O)CCN(C)C(C)C1CC1. The summed E-state index contributed by atoms with van der Waals surface area (Å²) in [6.45, 7) is 5.00. The molecule has 1 aliphatic rings. The van der Waals surface area contributed by atoms with Gasteiger partial charge in [-0.15, -0.1) is 0 Å². The minimum absolute atomic E-state index is 0.0627. The van der Waals surface area contributed by atoms with Crippen LogP contribution in [0.25, 0.3) is 0 Å². The normalized spacial score (nSPS) is 16.2. The van der Waals surface area contributed by atoms with Crippen LogP contribution in [0.5, 0.6) is 0 Å². The summed E-state index contributed by atoms with van der Waals surface area (Å²) in [5.41, 5.74) is 8.27. The summed E-state index contributed by atoms with van der Waals surface area (Å²) in [5, 5.41) is 2.96. The molecule has 0 saturated heterocycles. The number of nitrogen functional groups attached to an aromatic ring is 1. The van der Waals surface area contributed by atoms with Gasteiger partial charge in [0.25, 0.3) is 0 Å². The quantitative estimate of drug-likeness (QED) is 0.785. The smallest absolute Gasteiger partial charge is 0.225 e. The predicted octanol–water partition coefficient (Wildman–Crippen LogP) is 2.64. The largest absolute Gasteiger partial charge is 0.399 e. The lowest BCUT2D eigenvalue weighted by Crippen LogP contribution is -2.33. The van der Waals surface area contributed by atoms with Crippen molar-refractivity contribution in [1.82, 2.24) is 4.90 Å². The Hall–Kier alpha value is -1.55. The third-order valence-electron chi connectivity index (χ3n) is 4.22. The number of nitrogens with zero attached hydrogens (tertiary/aromatic N) is 1. The molecule has 1 aromatic rings. The number of nitrogens with two attached hydrogens (primary N) is 1. The number of aryl methyl sites for hydroxylation is 1. The maximum Gasteiger partial charge on any atom is 0.225 e. The zero-order valence-electron chi connectivity index (χ0n) is 12.6. The van der Waals surface area contributed by atoms with Crippen molar-refractivity contribution < 1.29 is 4.79 Å². The summed E-state index contributed by atoms with van der Waals surface area (Å²) in [5.74, 6) is 0.898. The first-order chi connectivity index (χ1) is 9.47. The van der Waals surface area contributed by atoms with Crippen LogP contribution in [0, 0.1) is 12.8 Å². The van der Waals surface area contributed by atoms with Gasteiger partial charge in [-0.2, -0.15) is 0 Å². The van der Waals surface area contributed by atoms with E-state index in [4.69, 9.17) is 5.73 Å². The number of hydrogen-bond acceptors (Lipinski definition) is 3. The Morgan fingerprint density at radius 1 is 1.50 bits per heavy atom. The number of carbonyl (C=O) groups is 1. The van der Waals surface area contributed by atoms with Crippen molar-refractivity contribution in [1.29, 1.82) is 0 Å². The standard InChI is InChI=1S/C16H25N3O/c1-11-10-14(17)6-7-15(11)18-16(20)8-9-19(3)12(2)13-4-5-13/h6-7,10,12-13H,4-5,8-9,17H2,1-3H3,(H,18,20). The van der Waals surface area contributed by atoms with Crippen molar-refractivity contribution in [3.05, 3.63) is 23.8 Å². The summed E-state index contributed by atoms with van der Waals surface area (Å²) in [6.07, 6.45) is 3.20. The molecule has 1 atom stereocenters. The van der Waals surface area contributed by atoms with Gasteiger partial charge < -0.3 is 16.0 Å². The predicted molar refractivity (Wildman–Crippen MR) is 83.7 cm³/mol. The first kappa shape index (κ1) is 14.9. The fourth-order valence-electron chi connectivity index (χ4n) is 2.46. The van der Waals surface area contributed by atoms with Crippen molar-refractivity contribution in [2.24, 2.45) is 5.92 Å². The molecule has 1 aromatic carbocycles. The van der Waals surface area contributed by atoms with Crippen molar-refractivity contribution in [2.45, 2.75) is 39.2 Å². The zero-order chi connectivity index (χ0) is 14.7. The maximum atomic E-state index is 12.0. The van der Waals surface area contributed by atoms with Gasteiger partial charge in [0.05, 0.1) is 0 Å². The van der Waals surface area contributed by atoms with Gasteiger partial charge in [0.1, 0.15) is 0 Å². The molecule has 1 saturated carbocycles. The second kappa shape index (κ2) is 6.27. The van der Waals surface area contributed by atoms with Crippen molar-refractivity contribution >= 4 is 17.3 Å². The highest BCUT2D eigenvalue weighted by Gasteiger charge is 2.30. The van der Waals surface area contributed by atoms with E-state index >= 15 is 0 Å². The van der Waals surface area contributed by atoms with E-state index in [2.05, 4.69) is 24.2 Å². The Bertz CT molecular complexity index is 483. The van der Waals surface area contributed by atoms with E-state index in [1.165, 1.54) is 12.8 Å². The monoisotopic (exact) mass is 275 g/mol. The highest BCUT2D eigenvalue weighted by molar-refractivity contribution is 5.91. The van der Waals surface area contributed by atoms with Crippen LogP contribution in [0.3, 0.4) is 0 Å². The Balaban J connectivity index is 1.80. The average Bonchev–Trinajstić information content (AvgIpc) is 3.23. The summed E-state index contributed by atoms with van der Waals surface area (Å²) >= 11 is 0. The van der Waals surface area contributed by atoms with Gasteiger partial charge in [0, 0.05) is 30.4 Å². The molecule has 20 heavy (non-hydrogen) atoms. The van der Waals surface area contributed by atoms with Gasteiger partial charge in [-0.05, 0) is 63.4 Å². The molecule has 0 heterocycles. The van der Waals surface area contributed by atoms with Crippen molar-refractivity contribution in [3.8, 4) is 0 Å². The highest BCUT2D eigenvalue weighted by Crippen LogP contribution is 2.34. The van der Waals surface area contributed by atoms with Gasteiger partial charge in [-0.25, -0.2) is 0 Å². The van der Waals surface area contributed by atoms with Gasteiger partial charge in [-0.3, -0.25) is 4.79 Å². The van der Waals surface area contributed by atoms with Crippen LogP contribution in [0.4, 0.5) is 11.4 Å². The second-order valence-electron chi connectivity index (χ2n) is 5.93. The number of hydrogen-bond donors (Lipinski definition) is 2. The summed E-state index contributed by atoms with van der Waals surface area (Å²) in [7, 11) is 2.10. The van der Waals surface area contributed by atoms with Crippen LogP contribution in [-0.2, 0) is 4.79 Å². The van der Waals surface area contributed by atoms with Crippen LogP contribution in [0.1, 0.15) is 31.7 Å². The molecule has 4 heteroatoms. The maximum absolute atomic E-state index is 12.0. The number of amides is 1. The summed E-state index contributed by atoms with van der Waals surface area (Å²) < 4.78 is 0. The van der Waals surface area contributed by atoms with Gasteiger partial charge in [-0.1, -0.05) is 0 Å². The van der Waals surface area contributed by atoms with Crippen molar-refractivity contribution in [3.63, 3.8) is 0 Å². The third kappa shape index (κ3) is 3.97. The minimum atomic E-state index is 0.0627. The Morgan fingerprint density at radius 3 is 2.80 bits per heavy atom. The third-order valence-corrected chi connectivity index (χ3v) is 4.22. The molecular weight excluding hydrogens is 250 g/mol. The van der Waals surface area contributed by atoms with Crippen LogP contribution < -0.4 is 11.1 Å². The molecule has 1 fully saturated rings. The molecule has 1 aliphatic carbocycles. The fourth-order valence-corrected chi connectivity index (χ4v) is 2.46. The topological polar surface area (TPSA) is 58.4 Å². The van der Waals surface area contributed by atoms with Crippen LogP contribution in [-0.4, -0.2) is 30.4 Å². The zero-order valence-corrected chi connectivity index (χ0v) is 12.6. The first-order valence-corrected chi connectivity index (χ1v) is 7.33. The lowest BCUT2D eigenvalue weighted by Gasteiger charge is -2.24. The van der Waals surface area contributed by atoms with Crippen LogP contribution in [0.2, 0.25) is 0 Å². The second-order valence-corrected chi connectivity index (χ2v) is 5.93.